The number of piperazine rings is 1. The van der Waals surface area contributed by atoms with Gasteiger partial charge in [0.25, 0.3) is 0 Å². The van der Waals surface area contributed by atoms with Gasteiger partial charge in [0.15, 0.2) is 0 Å². The van der Waals surface area contributed by atoms with Crippen molar-refractivity contribution in [3.63, 3.8) is 0 Å². The molecule has 1 rings (SSSR count). The lowest BCUT2D eigenvalue weighted by Gasteiger charge is -2.24. The average Bonchev–Trinajstić information content (AvgIpc) is 2.05. The second-order valence-electron chi connectivity index (χ2n) is 3.80. The van der Waals surface area contributed by atoms with Crippen molar-refractivity contribution in [2.45, 2.75) is 18.9 Å². The number of hydrogen-bond acceptors (Lipinski definition) is 3. The van der Waals surface area contributed by atoms with E-state index in [1.807, 2.05) is 0 Å². The molecule has 2 N–H and O–H groups in total. The predicted octanol–water partition coefficient (Wildman–Crippen LogP) is -0.110. The van der Waals surface area contributed by atoms with Crippen molar-refractivity contribution in [1.82, 2.24) is 15.5 Å². The second kappa shape index (κ2) is 5.51. The maximum atomic E-state index is 3.51. The smallest absolute Gasteiger partial charge is 0.0193 e. The third-order valence-corrected chi connectivity index (χ3v) is 2.28. The van der Waals surface area contributed by atoms with Crippen LogP contribution in [-0.2, 0) is 0 Å². The molecule has 1 atom stereocenters. The van der Waals surface area contributed by atoms with Crippen molar-refractivity contribution in [3.05, 3.63) is 0 Å². The van der Waals surface area contributed by atoms with Crippen LogP contribution < -0.4 is 10.6 Å². The molecule has 1 saturated heterocycles. The summed E-state index contributed by atoms with van der Waals surface area (Å²) in [6, 6.07) is 0.707. The molecular formula is C9H21N3. The zero-order valence-corrected chi connectivity index (χ0v) is 8.27. The molecule has 0 amide bonds. The standard InChI is InChI=1S/C9H21N3/c1-12(2)7-3-4-9-8-10-5-6-11-9/h9-11H,3-8H2,1-2H3. The van der Waals surface area contributed by atoms with Crippen molar-refractivity contribution in [3.8, 4) is 0 Å². The summed E-state index contributed by atoms with van der Waals surface area (Å²) in [5.74, 6) is 0. The molecule has 0 aliphatic carbocycles. The minimum absolute atomic E-state index is 0.707. The van der Waals surface area contributed by atoms with E-state index in [2.05, 4.69) is 29.6 Å². The number of nitrogens with one attached hydrogen (secondary N) is 2. The van der Waals surface area contributed by atoms with Gasteiger partial charge in [-0.1, -0.05) is 0 Å². The second-order valence-corrected chi connectivity index (χ2v) is 3.80. The number of nitrogens with zero attached hydrogens (tertiary/aromatic N) is 1. The van der Waals surface area contributed by atoms with E-state index in [4.69, 9.17) is 0 Å². The SMILES string of the molecule is CN(C)CCCC1CNCCN1. The summed E-state index contributed by atoms with van der Waals surface area (Å²) in [6.45, 7) is 4.61. The maximum Gasteiger partial charge on any atom is 0.0193 e. The molecule has 0 spiro atoms. The first-order valence-electron chi connectivity index (χ1n) is 4.88. The largest absolute Gasteiger partial charge is 0.314 e. The Morgan fingerprint density at radius 3 is 2.75 bits per heavy atom. The molecule has 1 unspecified atom stereocenters. The molecule has 1 heterocycles. The van der Waals surface area contributed by atoms with E-state index in [-0.39, 0.29) is 0 Å². The first-order chi connectivity index (χ1) is 5.79. The molecule has 1 aliphatic heterocycles. The lowest BCUT2D eigenvalue weighted by molar-refractivity contribution is 0.348. The summed E-state index contributed by atoms with van der Waals surface area (Å²) in [5, 5.41) is 6.91. The van der Waals surface area contributed by atoms with Crippen molar-refractivity contribution < 1.29 is 0 Å². The number of hydrogen-bond donors (Lipinski definition) is 2. The fraction of sp³-hybridized carbons (Fsp3) is 1.00. The Morgan fingerprint density at radius 2 is 2.17 bits per heavy atom. The fourth-order valence-electron chi connectivity index (χ4n) is 1.57. The highest BCUT2D eigenvalue weighted by Crippen LogP contribution is 1.98. The molecule has 0 radical (unpaired) electrons. The minimum atomic E-state index is 0.707. The Bertz CT molecular complexity index is 108. The lowest BCUT2D eigenvalue weighted by atomic mass is 10.1. The third kappa shape index (κ3) is 4.04. The van der Waals surface area contributed by atoms with Crippen LogP contribution in [0.3, 0.4) is 0 Å². The van der Waals surface area contributed by atoms with Crippen molar-refractivity contribution in [2.24, 2.45) is 0 Å². The maximum absolute atomic E-state index is 3.51. The van der Waals surface area contributed by atoms with E-state index in [1.165, 1.54) is 19.4 Å². The zero-order chi connectivity index (χ0) is 8.81. The predicted molar refractivity (Wildman–Crippen MR) is 52.4 cm³/mol. The van der Waals surface area contributed by atoms with Crippen LogP contribution in [-0.4, -0.2) is 51.2 Å². The highest BCUT2D eigenvalue weighted by molar-refractivity contribution is 4.75. The Hall–Kier alpha value is -0.120. The molecule has 12 heavy (non-hydrogen) atoms. The van der Waals surface area contributed by atoms with Crippen molar-refractivity contribution in [1.29, 1.82) is 0 Å². The van der Waals surface area contributed by atoms with Crippen LogP contribution in [0.4, 0.5) is 0 Å². The summed E-state index contributed by atoms with van der Waals surface area (Å²) in [6.07, 6.45) is 2.59. The van der Waals surface area contributed by atoms with Gasteiger partial charge in [-0.2, -0.15) is 0 Å². The van der Waals surface area contributed by atoms with Crippen LogP contribution >= 0.6 is 0 Å². The van der Waals surface area contributed by atoms with E-state index in [9.17, 15) is 0 Å². The molecule has 0 bridgehead atoms. The molecule has 3 heteroatoms. The van der Waals surface area contributed by atoms with Crippen LogP contribution in [0.5, 0.6) is 0 Å². The van der Waals surface area contributed by atoms with E-state index in [1.54, 1.807) is 0 Å². The van der Waals surface area contributed by atoms with Crippen LogP contribution in [0.1, 0.15) is 12.8 Å². The lowest BCUT2D eigenvalue weighted by Crippen LogP contribution is -2.48. The van der Waals surface area contributed by atoms with Gasteiger partial charge in [-0.25, -0.2) is 0 Å². The first-order valence-corrected chi connectivity index (χ1v) is 4.88. The topological polar surface area (TPSA) is 27.3 Å². The van der Waals surface area contributed by atoms with Crippen molar-refractivity contribution >= 4 is 0 Å². The summed E-state index contributed by atoms with van der Waals surface area (Å²) < 4.78 is 0. The summed E-state index contributed by atoms with van der Waals surface area (Å²) in [7, 11) is 4.26. The van der Waals surface area contributed by atoms with Gasteiger partial charge in [-0.05, 0) is 33.5 Å². The summed E-state index contributed by atoms with van der Waals surface area (Å²) in [4.78, 5) is 2.25. The van der Waals surface area contributed by atoms with E-state index in [0.717, 1.165) is 19.6 Å². The zero-order valence-electron chi connectivity index (χ0n) is 8.27. The Morgan fingerprint density at radius 1 is 1.33 bits per heavy atom. The number of rotatable bonds is 4. The van der Waals surface area contributed by atoms with Gasteiger partial charge in [-0.3, -0.25) is 0 Å². The van der Waals surface area contributed by atoms with Gasteiger partial charge in [0, 0.05) is 25.7 Å². The van der Waals surface area contributed by atoms with E-state index in [0.29, 0.717) is 6.04 Å². The Labute approximate surface area is 75.5 Å². The fourth-order valence-corrected chi connectivity index (χ4v) is 1.57. The normalized spacial score (nSPS) is 24.8. The van der Waals surface area contributed by atoms with E-state index < -0.39 is 0 Å². The molecular weight excluding hydrogens is 150 g/mol. The van der Waals surface area contributed by atoms with Crippen molar-refractivity contribution in [2.75, 3.05) is 40.3 Å². The van der Waals surface area contributed by atoms with Crippen LogP contribution in [0.25, 0.3) is 0 Å². The van der Waals surface area contributed by atoms with Crippen LogP contribution in [0, 0.1) is 0 Å². The monoisotopic (exact) mass is 171 g/mol. The van der Waals surface area contributed by atoms with Gasteiger partial charge in [0.05, 0.1) is 0 Å². The van der Waals surface area contributed by atoms with Crippen LogP contribution in [0.15, 0.2) is 0 Å². The molecule has 0 saturated carbocycles. The highest BCUT2D eigenvalue weighted by Gasteiger charge is 2.10. The first kappa shape index (κ1) is 9.96. The molecule has 1 aliphatic rings. The van der Waals surface area contributed by atoms with Gasteiger partial charge in [-0.15, -0.1) is 0 Å². The molecule has 0 aromatic carbocycles. The van der Waals surface area contributed by atoms with Gasteiger partial charge in [0.1, 0.15) is 0 Å². The average molecular weight is 171 g/mol. The molecule has 0 aromatic heterocycles. The quantitative estimate of drug-likeness (QED) is 0.618. The summed E-state index contributed by atoms with van der Waals surface area (Å²) in [5.41, 5.74) is 0. The summed E-state index contributed by atoms with van der Waals surface area (Å²) >= 11 is 0. The minimum Gasteiger partial charge on any atom is -0.314 e. The molecule has 1 fully saturated rings. The Balaban J connectivity index is 1.98. The van der Waals surface area contributed by atoms with Crippen LogP contribution in [0.2, 0.25) is 0 Å². The molecule has 72 valence electrons. The molecule has 0 aromatic rings. The van der Waals surface area contributed by atoms with Gasteiger partial charge in [0.2, 0.25) is 0 Å². The third-order valence-electron chi connectivity index (χ3n) is 2.28. The van der Waals surface area contributed by atoms with Gasteiger partial charge >= 0.3 is 0 Å². The highest BCUT2D eigenvalue weighted by atomic mass is 15.1. The molecule has 3 nitrogen and oxygen atoms in total. The Kier molecular flexibility index (Phi) is 4.58. The van der Waals surface area contributed by atoms with E-state index >= 15 is 0 Å². The van der Waals surface area contributed by atoms with Gasteiger partial charge < -0.3 is 15.5 Å².